The molecule has 2 atom stereocenters. The van der Waals surface area contributed by atoms with Crippen LogP contribution in [0.3, 0.4) is 0 Å². The zero-order valence-corrected chi connectivity index (χ0v) is 6.93. The molecule has 0 saturated carbocycles. The molecule has 58 valence electrons. The monoisotopic (exact) mass is 139 g/mol. The first-order valence-electron chi connectivity index (χ1n) is 4.11. The molecule has 0 aromatic rings. The Morgan fingerprint density at radius 2 is 2.40 bits per heavy atom. The number of hydrogen-bond acceptors (Lipinski definition) is 1. The SMILES string of the molecule is CC1=CCCC(C(C)N)C1. The predicted octanol–water partition coefficient (Wildman–Crippen LogP) is 2.08. The van der Waals surface area contributed by atoms with Crippen LogP contribution >= 0.6 is 0 Å². The maximum absolute atomic E-state index is 5.80. The average molecular weight is 139 g/mol. The summed E-state index contributed by atoms with van der Waals surface area (Å²) in [4.78, 5) is 0. The maximum atomic E-state index is 5.80. The highest BCUT2D eigenvalue weighted by atomic mass is 14.6. The van der Waals surface area contributed by atoms with Gasteiger partial charge < -0.3 is 5.73 Å². The van der Waals surface area contributed by atoms with Gasteiger partial charge in [-0.3, -0.25) is 0 Å². The van der Waals surface area contributed by atoms with E-state index in [9.17, 15) is 0 Å². The molecule has 1 nitrogen and oxygen atoms in total. The molecule has 0 amide bonds. The van der Waals surface area contributed by atoms with Crippen LogP contribution in [0.4, 0.5) is 0 Å². The number of nitrogens with two attached hydrogens (primary N) is 1. The fraction of sp³-hybridized carbons (Fsp3) is 0.778. The molecular weight excluding hydrogens is 122 g/mol. The van der Waals surface area contributed by atoms with Crippen LogP contribution in [0.15, 0.2) is 11.6 Å². The molecule has 0 bridgehead atoms. The largest absolute Gasteiger partial charge is 0.328 e. The van der Waals surface area contributed by atoms with Gasteiger partial charge in [-0.05, 0) is 39.0 Å². The first-order chi connectivity index (χ1) is 4.70. The lowest BCUT2D eigenvalue weighted by molar-refractivity contribution is 0.398. The van der Waals surface area contributed by atoms with E-state index in [0.717, 1.165) is 5.92 Å². The number of rotatable bonds is 1. The molecule has 0 aromatic heterocycles. The van der Waals surface area contributed by atoms with Crippen LogP contribution in [0.2, 0.25) is 0 Å². The van der Waals surface area contributed by atoms with Crippen LogP contribution in [-0.4, -0.2) is 6.04 Å². The van der Waals surface area contributed by atoms with E-state index >= 15 is 0 Å². The number of hydrogen-bond donors (Lipinski definition) is 1. The van der Waals surface area contributed by atoms with E-state index in [1.54, 1.807) is 0 Å². The van der Waals surface area contributed by atoms with E-state index in [4.69, 9.17) is 5.73 Å². The van der Waals surface area contributed by atoms with Crippen molar-refractivity contribution in [2.45, 2.75) is 39.2 Å². The van der Waals surface area contributed by atoms with E-state index in [-0.39, 0.29) is 0 Å². The summed E-state index contributed by atoms with van der Waals surface area (Å²) in [6.07, 6.45) is 6.07. The molecule has 0 heterocycles. The zero-order chi connectivity index (χ0) is 7.56. The molecule has 10 heavy (non-hydrogen) atoms. The highest BCUT2D eigenvalue weighted by Gasteiger charge is 2.16. The minimum absolute atomic E-state index is 0.378. The summed E-state index contributed by atoms with van der Waals surface area (Å²) in [6.45, 7) is 4.32. The van der Waals surface area contributed by atoms with Gasteiger partial charge in [-0.25, -0.2) is 0 Å². The van der Waals surface area contributed by atoms with Gasteiger partial charge in [-0.2, -0.15) is 0 Å². The zero-order valence-electron chi connectivity index (χ0n) is 6.93. The summed E-state index contributed by atoms with van der Waals surface area (Å²) >= 11 is 0. The van der Waals surface area contributed by atoms with Crippen LogP contribution in [-0.2, 0) is 0 Å². The second-order valence-corrected chi connectivity index (χ2v) is 3.45. The lowest BCUT2D eigenvalue weighted by Gasteiger charge is -2.24. The van der Waals surface area contributed by atoms with Gasteiger partial charge in [-0.1, -0.05) is 11.6 Å². The summed E-state index contributed by atoms with van der Waals surface area (Å²) in [6, 6.07) is 0.378. The lowest BCUT2D eigenvalue weighted by Crippen LogP contribution is -2.27. The van der Waals surface area contributed by atoms with Gasteiger partial charge >= 0.3 is 0 Å². The van der Waals surface area contributed by atoms with Gasteiger partial charge in [0.1, 0.15) is 0 Å². The fourth-order valence-electron chi connectivity index (χ4n) is 1.59. The predicted molar refractivity (Wildman–Crippen MR) is 44.7 cm³/mol. The first kappa shape index (κ1) is 7.80. The van der Waals surface area contributed by atoms with Crippen molar-refractivity contribution in [2.24, 2.45) is 11.7 Å². The molecule has 0 saturated heterocycles. The summed E-state index contributed by atoms with van der Waals surface area (Å²) < 4.78 is 0. The molecule has 0 aliphatic heterocycles. The Balaban J connectivity index is 2.45. The van der Waals surface area contributed by atoms with Crippen LogP contribution in [0.5, 0.6) is 0 Å². The molecule has 0 spiro atoms. The van der Waals surface area contributed by atoms with E-state index in [1.807, 2.05) is 0 Å². The quantitative estimate of drug-likeness (QED) is 0.553. The second-order valence-electron chi connectivity index (χ2n) is 3.45. The Kier molecular flexibility index (Phi) is 2.50. The van der Waals surface area contributed by atoms with Gasteiger partial charge in [-0.15, -0.1) is 0 Å². The molecule has 0 fully saturated rings. The van der Waals surface area contributed by atoms with Crippen LogP contribution in [0.25, 0.3) is 0 Å². The van der Waals surface area contributed by atoms with E-state index in [1.165, 1.54) is 24.8 Å². The maximum Gasteiger partial charge on any atom is 0.00419 e. The molecule has 1 heteroatoms. The minimum Gasteiger partial charge on any atom is -0.328 e. The fourth-order valence-corrected chi connectivity index (χ4v) is 1.59. The molecule has 2 N–H and O–H groups in total. The van der Waals surface area contributed by atoms with Crippen LogP contribution in [0, 0.1) is 5.92 Å². The van der Waals surface area contributed by atoms with E-state index in [0.29, 0.717) is 6.04 Å². The minimum atomic E-state index is 0.378. The van der Waals surface area contributed by atoms with E-state index in [2.05, 4.69) is 19.9 Å². The normalized spacial score (nSPS) is 29.5. The smallest absolute Gasteiger partial charge is 0.00419 e. The van der Waals surface area contributed by atoms with Crippen LogP contribution < -0.4 is 5.73 Å². The molecule has 1 aliphatic carbocycles. The Morgan fingerprint density at radius 1 is 1.70 bits per heavy atom. The summed E-state index contributed by atoms with van der Waals surface area (Å²) in [5.74, 6) is 0.741. The molecule has 0 aromatic carbocycles. The van der Waals surface area contributed by atoms with Crippen molar-refractivity contribution in [3.8, 4) is 0 Å². The summed E-state index contributed by atoms with van der Waals surface area (Å²) in [5.41, 5.74) is 7.32. The van der Waals surface area contributed by atoms with Gasteiger partial charge in [0.05, 0.1) is 0 Å². The van der Waals surface area contributed by atoms with Gasteiger partial charge in [0.25, 0.3) is 0 Å². The molecule has 2 unspecified atom stereocenters. The van der Waals surface area contributed by atoms with Gasteiger partial charge in [0.2, 0.25) is 0 Å². The third kappa shape index (κ3) is 1.84. The second kappa shape index (κ2) is 3.20. The van der Waals surface area contributed by atoms with Crippen molar-refractivity contribution in [3.05, 3.63) is 11.6 Å². The summed E-state index contributed by atoms with van der Waals surface area (Å²) in [7, 11) is 0. The molecule has 0 radical (unpaired) electrons. The third-order valence-electron chi connectivity index (χ3n) is 2.36. The molecular formula is C9H17N. The Morgan fingerprint density at radius 3 is 2.80 bits per heavy atom. The number of allylic oxidation sites excluding steroid dienone is 2. The molecule has 1 rings (SSSR count). The van der Waals surface area contributed by atoms with Gasteiger partial charge in [0.15, 0.2) is 0 Å². The van der Waals surface area contributed by atoms with Crippen molar-refractivity contribution >= 4 is 0 Å². The highest BCUT2D eigenvalue weighted by molar-refractivity contribution is 5.04. The standard InChI is InChI=1S/C9H17N/c1-7-4-3-5-9(6-7)8(2)10/h4,8-9H,3,5-6,10H2,1-2H3. The van der Waals surface area contributed by atoms with E-state index < -0.39 is 0 Å². The highest BCUT2D eigenvalue weighted by Crippen LogP contribution is 2.25. The first-order valence-corrected chi connectivity index (χ1v) is 4.11. The Labute approximate surface area is 63.3 Å². The lowest BCUT2D eigenvalue weighted by atomic mass is 9.85. The Bertz CT molecular complexity index is 136. The van der Waals surface area contributed by atoms with Crippen molar-refractivity contribution in [3.63, 3.8) is 0 Å². The van der Waals surface area contributed by atoms with Crippen LogP contribution in [0.1, 0.15) is 33.1 Å². The molecule has 1 aliphatic rings. The van der Waals surface area contributed by atoms with Crippen molar-refractivity contribution in [2.75, 3.05) is 0 Å². The van der Waals surface area contributed by atoms with Crippen molar-refractivity contribution < 1.29 is 0 Å². The summed E-state index contributed by atoms with van der Waals surface area (Å²) in [5, 5.41) is 0. The van der Waals surface area contributed by atoms with Gasteiger partial charge in [0, 0.05) is 6.04 Å². The topological polar surface area (TPSA) is 26.0 Å². The Hall–Kier alpha value is -0.300. The van der Waals surface area contributed by atoms with Crippen molar-refractivity contribution in [1.29, 1.82) is 0 Å². The average Bonchev–Trinajstić information content (AvgIpc) is 1.88. The van der Waals surface area contributed by atoms with Crippen molar-refractivity contribution in [1.82, 2.24) is 0 Å². The third-order valence-corrected chi connectivity index (χ3v) is 2.36.